The molecule has 0 radical (unpaired) electrons. The molecule has 94 valence electrons. The van der Waals surface area contributed by atoms with Gasteiger partial charge >= 0.3 is 0 Å². The van der Waals surface area contributed by atoms with Crippen LogP contribution in [-0.2, 0) is 6.42 Å². The summed E-state index contributed by atoms with van der Waals surface area (Å²) in [6.07, 6.45) is 8.78. The molecule has 0 atom stereocenters. The van der Waals surface area contributed by atoms with Crippen molar-refractivity contribution >= 4 is 5.91 Å². The highest BCUT2D eigenvalue weighted by Crippen LogP contribution is 2.30. The van der Waals surface area contributed by atoms with Crippen molar-refractivity contribution in [1.29, 1.82) is 0 Å². The van der Waals surface area contributed by atoms with E-state index in [1.807, 2.05) is 24.3 Å². The van der Waals surface area contributed by atoms with Crippen LogP contribution in [0.15, 0.2) is 24.3 Å². The second-order valence-electron chi connectivity index (χ2n) is 4.88. The van der Waals surface area contributed by atoms with Crippen LogP contribution in [0.1, 0.15) is 35.7 Å². The van der Waals surface area contributed by atoms with Crippen LogP contribution >= 0.6 is 0 Å². The van der Waals surface area contributed by atoms with E-state index in [0.717, 1.165) is 18.5 Å². The number of hydrogen-bond donors (Lipinski definition) is 0. The zero-order valence-corrected chi connectivity index (χ0v) is 10.9. The number of amides is 1. The Morgan fingerprint density at radius 2 is 2.06 bits per heavy atom. The van der Waals surface area contributed by atoms with Crippen molar-refractivity contribution < 1.29 is 4.79 Å². The summed E-state index contributed by atoms with van der Waals surface area (Å²) in [4.78, 5) is 14.1. The number of hydrogen-bond acceptors (Lipinski definition) is 1. The van der Waals surface area contributed by atoms with Gasteiger partial charge in [0.15, 0.2) is 0 Å². The van der Waals surface area contributed by atoms with Crippen LogP contribution in [0.4, 0.5) is 0 Å². The minimum atomic E-state index is 0.0579. The van der Waals surface area contributed by atoms with Crippen LogP contribution in [0.3, 0.4) is 0 Å². The second kappa shape index (κ2) is 5.73. The van der Waals surface area contributed by atoms with Crippen molar-refractivity contribution in [2.75, 3.05) is 13.1 Å². The Morgan fingerprint density at radius 3 is 2.56 bits per heavy atom. The van der Waals surface area contributed by atoms with E-state index in [4.69, 9.17) is 6.42 Å². The van der Waals surface area contributed by atoms with Crippen molar-refractivity contribution in [3.8, 4) is 12.3 Å². The molecule has 0 spiro atoms. The van der Waals surface area contributed by atoms with E-state index >= 15 is 0 Å². The van der Waals surface area contributed by atoms with E-state index < -0.39 is 0 Å². The standard InChI is InChI=1S/C16H19NO/c1-3-11-17(12-14-5-6-14)16(18)15-9-7-13(4-2)8-10-15/h1,7-10,14H,4-6,11-12H2,2H3. The molecule has 1 aromatic rings. The average Bonchev–Trinajstić information content (AvgIpc) is 3.21. The van der Waals surface area contributed by atoms with Crippen molar-refractivity contribution in [2.45, 2.75) is 26.2 Å². The molecule has 0 aromatic heterocycles. The lowest BCUT2D eigenvalue weighted by Crippen LogP contribution is -2.33. The summed E-state index contributed by atoms with van der Waals surface area (Å²) in [6.45, 7) is 3.32. The van der Waals surface area contributed by atoms with Gasteiger partial charge in [0, 0.05) is 12.1 Å². The normalized spacial score (nSPS) is 14.0. The Balaban J connectivity index is 2.08. The van der Waals surface area contributed by atoms with Gasteiger partial charge in [-0.1, -0.05) is 25.0 Å². The SMILES string of the molecule is C#CCN(CC1CC1)C(=O)c1ccc(CC)cc1. The number of aryl methyl sites for hydroxylation is 1. The van der Waals surface area contributed by atoms with Crippen LogP contribution in [0.2, 0.25) is 0 Å². The van der Waals surface area contributed by atoms with E-state index in [2.05, 4.69) is 12.8 Å². The molecule has 0 N–H and O–H groups in total. The minimum Gasteiger partial charge on any atom is -0.327 e. The molecule has 1 aromatic carbocycles. The average molecular weight is 241 g/mol. The highest BCUT2D eigenvalue weighted by molar-refractivity contribution is 5.94. The van der Waals surface area contributed by atoms with Crippen molar-refractivity contribution in [3.05, 3.63) is 35.4 Å². The summed E-state index contributed by atoms with van der Waals surface area (Å²) in [7, 11) is 0. The molecule has 1 saturated carbocycles. The first-order valence-corrected chi connectivity index (χ1v) is 6.56. The Morgan fingerprint density at radius 1 is 1.39 bits per heavy atom. The molecule has 0 heterocycles. The summed E-state index contributed by atoms with van der Waals surface area (Å²) in [5.74, 6) is 3.30. The molecule has 2 rings (SSSR count). The van der Waals surface area contributed by atoms with Crippen LogP contribution in [0, 0.1) is 18.3 Å². The lowest BCUT2D eigenvalue weighted by atomic mass is 10.1. The second-order valence-corrected chi connectivity index (χ2v) is 4.88. The third-order valence-corrected chi connectivity index (χ3v) is 3.35. The van der Waals surface area contributed by atoms with Gasteiger partial charge in [-0.15, -0.1) is 6.42 Å². The Bertz CT molecular complexity index is 451. The minimum absolute atomic E-state index is 0.0579. The molecule has 1 amide bonds. The highest BCUT2D eigenvalue weighted by atomic mass is 16.2. The maximum absolute atomic E-state index is 12.3. The molecule has 1 aliphatic rings. The summed E-state index contributed by atoms with van der Waals surface area (Å²) in [5, 5.41) is 0. The molecule has 18 heavy (non-hydrogen) atoms. The number of carbonyl (C=O) groups is 1. The molecule has 2 nitrogen and oxygen atoms in total. The van der Waals surface area contributed by atoms with Gasteiger partial charge in [0.2, 0.25) is 0 Å². The van der Waals surface area contributed by atoms with E-state index in [9.17, 15) is 4.79 Å². The number of rotatable bonds is 5. The predicted octanol–water partition coefficient (Wildman–Crippen LogP) is 2.73. The fourth-order valence-electron chi connectivity index (χ4n) is 2.01. The van der Waals surface area contributed by atoms with Crippen LogP contribution in [0.25, 0.3) is 0 Å². The Hall–Kier alpha value is -1.75. The molecule has 0 bridgehead atoms. The number of benzene rings is 1. The molecule has 2 heteroatoms. The van der Waals surface area contributed by atoms with E-state index in [0.29, 0.717) is 12.5 Å². The summed E-state index contributed by atoms with van der Waals surface area (Å²) < 4.78 is 0. The third-order valence-electron chi connectivity index (χ3n) is 3.35. The van der Waals surface area contributed by atoms with Gasteiger partial charge < -0.3 is 4.90 Å². The maximum atomic E-state index is 12.3. The lowest BCUT2D eigenvalue weighted by Gasteiger charge is -2.20. The van der Waals surface area contributed by atoms with Crippen LogP contribution < -0.4 is 0 Å². The van der Waals surface area contributed by atoms with Gasteiger partial charge in [-0.3, -0.25) is 4.79 Å². The van der Waals surface area contributed by atoms with Gasteiger partial charge in [-0.2, -0.15) is 0 Å². The lowest BCUT2D eigenvalue weighted by molar-refractivity contribution is 0.0770. The fourth-order valence-corrected chi connectivity index (χ4v) is 2.01. The third kappa shape index (κ3) is 3.13. The van der Waals surface area contributed by atoms with Crippen molar-refractivity contribution in [2.24, 2.45) is 5.92 Å². The van der Waals surface area contributed by atoms with Crippen molar-refractivity contribution in [1.82, 2.24) is 4.90 Å². The summed E-state index contributed by atoms with van der Waals surface area (Å²) >= 11 is 0. The Kier molecular flexibility index (Phi) is 4.04. The number of nitrogens with zero attached hydrogens (tertiary/aromatic N) is 1. The first-order valence-electron chi connectivity index (χ1n) is 6.56. The van der Waals surface area contributed by atoms with Gasteiger partial charge in [-0.05, 0) is 42.9 Å². The fraction of sp³-hybridized carbons (Fsp3) is 0.438. The number of carbonyl (C=O) groups excluding carboxylic acids is 1. The molecule has 0 unspecified atom stereocenters. The largest absolute Gasteiger partial charge is 0.327 e. The van der Waals surface area contributed by atoms with E-state index in [1.54, 1.807) is 4.90 Å². The molecular weight excluding hydrogens is 222 g/mol. The molecule has 1 aliphatic carbocycles. The quantitative estimate of drug-likeness (QED) is 0.726. The topological polar surface area (TPSA) is 20.3 Å². The van der Waals surface area contributed by atoms with Crippen LogP contribution in [-0.4, -0.2) is 23.9 Å². The zero-order valence-electron chi connectivity index (χ0n) is 10.9. The van der Waals surface area contributed by atoms with Gasteiger partial charge in [0.25, 0.3) is 5.91 Å². The first-order chi connectivity index (χ1) is 8.74. The van der Waals surface area contributed by atoms with Gasteiger partial charge in [-0.25, -0.2) is 0 Å². The highest BCUT2D eigenvalue weighted by Gasteiger charge is 2.26. The monoisotopic (exact) mass is 241 g/mol. The Labute approximate surface area is 109 Å². The van der Waals surface area contributed by atoms with E-state index in [1.165, 1.54) is 18.4 Å². The molecule has 0 aliphatic heterocycles. The summed E-state index contributed by atoms with van der Waals surface area (Å²) in [5.41, 5.74) is 1.99. The molecular formula is C16H19NO. The van der Waals surface area contributed by atoms with Gasteiger partial charge in [0.05, 0.1) is 6.54 Å². The predicted molar refractivity (Wildman–Crippen MR) is 73.3 cm³/mol. The maximum Gasteiger partial charge on any atom is 0.254 e. The van der Waals surface area contributed by atoms with E-state index in [-0.39, 0.29) is 5.91 Å². The molecule has 0 saturated heterocycles. The number of terminal acetylenes is 1. The van der Waals surface area contributed by atoms with Gasteiger partial charge in [0.1, 0.15) is 0 Å². The summed E-state index contributed by atoms with van der Waals surface area (Å²) in [6, 6.07) is 7.83. The van der Waals surface area contributed by atoms with Crippen molar-refractivity contribution in [3.63, 3.8) is 0 Å². The smallest absolute Gasteiger partial charge is 0.254 e. The zero-order chi connectivity index (χ0) is 13.0. The van der Waals surface area contributed by atoms with Crippen LogP contribution in [0.5, 0.6) is 0 Å². The first kappa shape index (κ1) is 12.7. The molecule has 1 fully saturated rings.